The first-order valence-electron chi connectivity index (χ1n) is 8.12. The van der Waals surface area contributed by atoms with Crippen LogP contribution in [-0.4, -0.2) is 15.9 Å². The summed E-state index contributed by atoms with van der Waals surface area (Å²) in [6, 6.07) is 9.91. The van der Waals surface area contributed by atoms with Crippen molar-refractivity contribution in [3.8, 4) is 0 Å². The number of pyridine rings is 1. The molecule has 2 aromatic heterocycles. The van der Waals surface area contributed by atoms with Crippen LogP contribution in [0.5, 0.6) is 0 Å². The van der Waals surface area contributed by atoms with Crippen molar-refractivity contribution in [2.75, 3.05) is 10.6 Å². The van der Waals surface area contributed by atoms with E-state index in [-0.39, 0.29) is 5.91 Å². The second kappa shape index (κ2) is 7.44. The number of amides is 1. The van der Waals surface area contributed by atoms with Gasteiger partial charge in [-0.3, -0.25) is 4.79 Å². The number of anilines is 3. The quantitative estimate of drug-likeness (QED) is 0.698. The topological polar surface area (TPSA) is 66.9 Å². The molecule has 0 unspecified atom stereocenters. The minimum atomic E-state index is -0.154. The van der Waals surface area contributed by atoms with Gasteiger partial charge in [0.05, 0.1) is 6.20 Å². The van der Waals surface area contributed by atoms with Crippen molar-refractivity contribution >= 4 is 33.9 Å². The Hall–Kier alpha value is -2.73. The number of thiazole rings is 1. The van der Waals surface area contributed by atoms with Crippen LogP contribution in [0.15, 0.2) is 42.7 Å². The summed E-state index contributed by atoms with van der Waals surface area (Å²) in [5.41, 5.74) is 4.13. The van der Waals surface area contributed by atoms with Crippen molar-refractivity contribution < 1.29 is 4.79 Å². The van der Waals surface area contributed by atoms with E-state index in [9.17, 15) is 4.79 Å². The zero-order valence-electron chi connectivity index (χ0n) is 14.5. The number of rotatable bonds is 5. The largest absolute Gasteiger partial charge is 0.321 e. The van der Waals surface area contributed by atoms with E-state index in [4.69, 9.17) is 0 Å². The molecule has 5 nitrogen and oxygen atoms in total. The van der Waals surface area contributed by atoms with Crippen molar-refractivity contribution in [1.82, 2.24) is 9.97 Å². The molecule has 1 amide bonds. The molecular weight excluding hydrogens is 332 g/mol. The number of nitrogens with zero attached hydrogens (tertiary/aromatic N) is 2. The molecule has 0 radical (unpaired) electrons. The summed E-state index contributed by atoms with van der Waals surface area (Å²) in [4.78, 5) is 21.6. The highest BCUT2D eigenvalue weighted by Gasteiger charge is 2.13. The van der Waals surface area contributed by atoms with E-state index in [2.05, 4.69) is 27.5 Å². The first-order valence-corrected chi connectivity index (χ1v) is 8.94. The number of para-hydroxylation sites is 1. The summed E-state index contributed by atoms with van der Waals surface area (Å²) in [6.07, 6.45) is 4.29. The fourth-order valence-corrected chi connectivity index (χ4v) is 3.21. The van der Waals surface area contributed by atoms with E-state index < -0.39 is 0 Å². The van der Waals surface area contributed by atoms with E-state index in [1.807, 2.05) is 44.2 Å². The summed E-state index contributed by atoms with van der Waals surface area (Å²) >= 11 is 1.31. The molecule has 3 aromatic rings. The average Bonchev–Trinajstić information content (AvgIpc) is 3.07. The normalized spacial score (nSPS) is 10.5. The van der Waals surface area contributed by atoms with Gasteiger partial charge in [-0.2, -0.15) is 0 Å². The van der Waals surface area contributed by atoms with E-state index in [0.29, 0.717) is 10.0 Å². The number of aromatic nitrogens is 2. The summed E-state index contributed by atoms with van der Waals surface area (Å²) in [5, 5.41) is 6.78. The molecule has 0 aliphatic carbocycles. The minimum absolute atomic E-state index is 0.154. The second-order valence-corrected chi connectivity index (χ2v) is 6.81. The fourth-order valence-electron chi connectivity index (χ4n) is 2.50. The molecule has 6 heteroatoms. The third-order valence-electron chi connectivity index (χ3n) is 3.92. The molecule has 0 aliphatic rings. The SMILES string of the molecule is CCc1ccnc(Nc2ncc(C(=O)Nc3c(C)cccc3C)s2)c1. The number of hydrogen-bond donors (Lipinski definition) is 2. The van der Waals surface area contributed by atoms with Crippen LogP contribution < -0.4 is 10.6 Å². The lowest BCUT2D eigenvalue weighted by Gasteiger charge is -2.10. The molecule has 0 aliphatic heterocycles. The van der Waals surface area contributed by atoms with Gasteiger partial charge in [-0.25, -0.2) is 9.97 Å². The van der Waals surface area contributed by atoms with Crippen LogP contribution in [0.3, 0.4) is 0 Å². The van der Waals surface area contributed by atoms with Gasteiger partial charge in [0.15, 0.2) is 5.13 Å². The molecule has 0 saturated heterocycles. The monoisotopic (exact) mass is 352 g/mol. The molecule has 0 spiro atoms. The van der Waals surface area contributed by atoms with E-state index in [1.54, 1.807) is 12.4 Å². The first-order chi connectivity index (χ1) is 12.1. The Morgan fingerprint density at radius 2 is 1.92 bits per heavy atom. The third kappa shape index (κ3) is 4.03. The van der Waals surface area contributed by atoms with Crippen LogP contribution in [0.1, 0.15) is 33.3 Å². The Balaban J connectivity index is 1.73. The summed E-state index contributed by atoms with van der Waals surface area (Å²) < 4.78 is 0. The highest BCUT2D eigenvalue weighted by atomic mass is 32.1. The number of aryl methyl sites for hydroxylation is 3. The number of nitrogens with one attached hydrogen (secondary N) is 2. The second-order valence-electron chi connectivity index (χ2n) is 5.78. The van der Waals surface area contributed by atoms with Crippen molar-refractivity contribution in [3.63, 3.8) is 0 Å². The van der Waals surface area contributed by atoms with Gasteiger partial charge >= 0.3 is 0 Å². The number of benzene rings is 1. The van der Waals surface area contributed by atoms with Crippen LogP contribution in [0.25, 0.3) is 0 Å². The van der Waals surface area contributed by atoms with Gasteiger partial charge in [0.1, 0.15) is 10.7 Å². The van der Waals surface area contributed by atoms with Crippen LogP contribution in [-0.2, 0) is 6.42 Å². The van der Waals surface area contributed by atoms with Crippen LogP contribution in [0.4, 0.5) is 16.6 Å². The predicted molar refractivity (Wildman–Crippen MR) is 103 cm³/mol. The van der Waals surface area contributed by atoms with Gasteiger partial charge in [-0.1, -0.05) is 36.5 Å². The first kappa shape index (κ1) is 17.1. The summed E-state index contributed by atoms with van der Waals surface area (Å²) in [5.74, 6) is 0.577. The molecule has 25 heavy (non-hydrogen) atoms. The van der Waals surface area contributed by atoms with E-state index in [0.717, 1.165) is 29.1 Å². The zero-order chi connectivity index (χ0) is 17.8. The third-order valence-corrected chi connectivity index (χ3v) is 4.83. The van der Waals surface area contributed by atoms with E-state index >= 15 is 0 Å². The lowest BCUT2D eigenvalue weighted by molar-refractivity contribution is 0.103. The Kier molecular flexibility index (Phi) is 5.09. The molecule has 1 aromatic carbocycles. The van der Waals surface area contributed by atoms with Crippen LogP contribution in [0, 0.1) is 13.8 Å². The zero-order valence-corrected chi connectivity index (χ0v) is 15.3. The van der Waals surface area contributed by atoms with Crippen LogP contribution in [0.2, 0.25) is 0 Å². The molecule has 2 heterocycles. The van der Waals surface area contributed by atoms with Gasteiger partial charge in [-0.05, 0) is 49.1 Å². The highest BCUT2D eigenvalue weighted by Crippen LogP contribution is 2.25. The van der Waals surface area contributed by atoms with Gasteiger partial charge in [0.2, 0.25) is 0 Å². The fraction of sp³-hybridized carbons (Fsp3) is 0.211. The Bertz CT molecular complexity index is 884. The molecule has 0 atom stereocenters. The smallest absolute Gasteiger partial charge is 0.267 e. The predicted octanol–water partition coefficient (Wildman–Crippen LogP) is 4.71. The molecule has 0 fully saturated rings. The molecule has 3 rings (SSSR count). The van der Waals surface area contributed by atoms with Gasteiger partial charge in [0, 0.05) is 11.9 Å². The maximum Gasteiger partial charge on any atom is 0.267 e. The van der Waals surface area contributed by atoms with Gasteiger partial charge in [-0.15, -0.1) is 0 Å². The Morgan fingerprint density at radius 1 is 1.16 bits per heavy atom. The van der Waals surface area contributed by atoms with Crippen molar-refractivity contribution in [3.05, 3.63) is 64.3 Å². The molecule has 2 N–H and O–H groups in total. The minimum Gasteiger partial charge on any atom is -0.321 e. The number of hydrogen-bond acceptors (Lipinski definition) is 5. The molecular formula is C19H20N4OS. The lowest BCUT2D eigenvalue weighted by atomic mass is 10.1. The van der Waals surface area contributed by atoms with Crippen molar-refractivity contribution in [2.45, 2.75) is 27.2 Å². The molecule has 0 saturated carbocycles. The Labute approximate surface area is 151 Å². The maximum atomic E-state index is 12.5. The van der Waals surface area contributed by atoms with Gasteiger partial charge < -0.3 is 10.6 Å². The molecule has 0 bridgehead atoms. The maximum absolute atomic E-state index is 12.5. The van der Waals surface area contributed by atoms with E-state index in [1.165, 1.54) is 16.9 Å². The number of carbonyl (C=O) groups is 1. The highest BCUT2D eigenvalue weighted by molar-refractivity contribution is 7.17. The van der Waals surface area contributed by atoms with Crippen LogP contribution >= 0.6 is 11.3 Å². The lowest BCUT2D eigenvalue weighted by Crippen LogP contribution is -2.12. The van der Waals surface area contributed by atoms with Gasteiger partial charge in [0.25, 0.3) is 5.91 Å². The summed E-state index contributed by atoms with van der Waals surface area (Å²) in [6.45, 7) is 6.06. The standard InChI is InChI=1S/C19H20N4OS/c1-4-14-8-9-20-16(10-14)22-19-21-11-15(25-19)18(24)23-17-12(2)6-5-7-13(17)3/h5-11H,4H2,1-3H3,(H,23,24)(H,20,21,22). The van der Waals surface area contributed by atoms with Crippen molar-refractivity contribution in [2.24, 2.45) is 0 Å². The number of carbonyl (C=O) groups excluding carboxylic acids is 1. The molecule has 128 valence electrons. The van der Waals surface area contributed by atoms with Crippen molar-refractivity contribution in [1.29, 1.82) is 0 Å². The Morgan fingerprint density at radius 3 is 2.64 bits per heavy atom. The summed E-state index contributed by atoms with van der Waals surface area (Å²) in [7, 11) is 0. The average molecular weight is 352 g/mol.